The van der Waals surface area contributed by atoms with Gasteiger partial charge in [0.1, 0.15) is 5.82 Å². The Hall–Kier alpha value is -3.59. The number of anilines is 2. The first-order valence-corrected chi connectivity index (χ1v) is 8.91. The van der Waals surface area contributed by atoms with Crippen LogP contribution in [0.15, 0.2) is 97.1 Å². The molecule has 0 unspecified atom stereocenters. The first kappa shape index (κ1) is 15.6. The molecule has 3 heteroatoms. The Morgan fingerprint density at radius 1 is 0.556 bits per heavy atom. The van der Waals surface area contributed by atoms with E-state index in [9.17, 15) is 4.39 Å². The summed E-state index contributed by atoms with van der Waals surface area (Å²) in [5.74, 6) is -0.234. The van der Waals surface area contributed by atoms with Gasteiger partial charge in [0, 0.05) is 27.8 Å². The number of halogens is 1. The number of aromatic nitrogens is 1. The van der Waals surface area contributed by atoms with Crippen LogP contribution in [0.1, 0.15) is 0 Å². The van der Waals surface area contributed by atoms with Crippen molar-refractivity contribution in [2.45, 2.75) is 0 Å². The zero-order valence-electron chi connectivity index (χ0n) is 14.6. The quantitative estimate of drug-likeness (QED) is 0.384. The van der Waals surface area contributed by atoms with Crippen LogP contribution in [0.3, 0.4) is 0 Å². The van der Waals surface area contributed by atoms with Gasteiger partial charge in [-0.1, -0.05) is 36.4 Å². The highest BCUT2D eigenvalue weighted by Crippen LogP contribution is 2.32. The topological polar surface area (TPSA) is 17.0 Å². The second-order valence-electron chi connectivity index (χ2n) is 6.55. The molecule has 0 radical (unpaired) electrons. The molecule has 1 heterocycles. The van der Waals surface area contributed by atoms with E-state index in [4.69, 9.17) is 0 Å². The van der Waals surface area contributed by atoms with Crippen molar-refractivity contribution < 1.29 is 4.39 Å². The predicted octanol–water partition coefficient (Wildman–Crippen LogP) is 6.67. The SMILES string of the molecule is Fc1ccc(Nc2ccc(-n3c4ccccc4c4ccccc43)cc2)cc1. The van der Waals surface area contributed by atoms with Crippen LogP contribution in [0.4, 0.5) is 15.8 Å². The summed E-state index contributed by atoms with van der Waals surface area (Å²) in [5, 5.41) is 5.81. The first-order chi connectivity index (χ1) is 13.3. The number of fused-ring (bicyclic) bond motifs is 3. The number of rotatable bonds is 3. The third kappa shape index (κ3) is 2.74. The maximum atomic E-state index is 13.1. The maximum Gasteiger partial charge on any atom is 0.123 e. The molecule has 0 fully saturated rings. The van der Waals surface area contributed by atoms with Crippen LogP contribution in [-0.2, 0) is 0 Å². The van der Waals surface area contributed by atoms with Gasteiger partial charge in [-0.15, -0.1) is 0 Å². The van der Waals surface area contributed by atoms with Gasteiger partial charge in [-0.05, 0) is 60.7 Å². The van der Waals surface area contributed by atoms with Gasteiger partial charge >= 0.3 is 0 Å². The summed E-state index contributed by atoms with van der Waals surface area (Å²) < 4.78 is 15.3. The van der Waals surface area contributed by atoms with Gasteiger partial charge in [-0.25, -0.2) is 4.39 Å². The fourth-order valence-corrected chi connectivity index (χ4v) is 3.59. The number of para-hydroxylation sites is 2. The van der Waals surface area contributed by atoms with Gasteiger partial charge < -0.3 is 9.88 Å². The summed E-state index contributed by atoms with van der Waals surface area (Å²) in [7, 11) is 0. The molecule has 0 atom stereocenters. The summed E-state index contributed by atoms with van der Waals surface area (Å²) >= 11 is 0. The van der Waals surface area contributed by atoms with Gasteiger partial charge in [-0.3, -0.25) is 0 Å². The lowest BCUT2D eigenvalue weighted by Crippen LogP contribution is -1.95. The average Bonchev–Trinajstić information content (AvgIpc) is 3.05. The van der Waals surface area contributed by atoms with Gasteiger partial charge in [0.15, 0.2) is 0 Å². The van der Waals surface area contributed by atoms with Crippen LogP contribution in [0, 0.1) is 5.82 Å². The largest absolute Gasteiger partial charge is 0.356 e. The number of hydrogen-bond acceptors (Lipinski definition) is 1. The minimum absolute atomic E-state index is 0.234. The highest BCUT2D eigenvalue weighted by molar-refractivity contribution is 6.09. The Morgan fingerprint density at radius 2 is 1.04 bits per heavy atom. The zero-order valence-corrected chi connectivity index (χ0v) is 14.6. The fourth-order valence-electron chi connectivity index (χ4n) is 3.59. The molecule has 1 N–H and O–H groups in total. The molecule has 5 rings (SSSR count). The predicted molar refractivity (Wildman–Crippen MR) is 110 cm³/mol. The molecule has 2 nitrogen and oxygen atoms in total. The van der Waals surface area contributed by atoms with Crippen molar-refractivity contribution in [2.24, 2.45) is 0 Å². The molecule has 27 heavy (non-hydrogen) atoms. The Morgan fingerprint density at radius 3 is 1.59 bits per heavy atom. The summed E-state index contributed by atoms with van der Waals surface area (Å²) in [6.07, 6.45) is 0. The number of benzene rings is 4. The van der Waals surface area contributed by atoms with E-state index in [1.165, 1.54) is 33.9 Å². The van der Waals surface area contributed by atoms with E-state index in [2.05, 4.69) is 70.5 Å². The lowest BCUT2D eigenvalue weighted by atomic mass is 10.2. The standard InChI is InChI=1S/C24H17FN2/c25-17-9-11-18(12-10-17)26-19-13-15-20(16-14-19)27-23-7-3-1-5-21(23)22-6-2-4-8-24(22)27/h1-16,26H. The van der Waals surface area contributed by atoms with Crippen LogP contribution >= 0.6 is 0 Å². The number of hydrogen-bond donors (Lipinski definition) is 1. The molecule has 0 spiro atoms. The van der Waals surface area contributed by atoms with Crippen molar-refractivity contribution in [2.75, 3.05) is 5.32 Å². The second kappa shape index (κ2) is 6.29. The average molecular weight is 352 g/mol. The van der Waals surface area contributed by atoms with E-state index in [-0.39, 0.29) is 5.82 Å². The summed E-state index contributed by atoms with van der Waals surface area (Å²) in [6, 6.07) is 31.6. The van der Waals surface area contributed by atoms with Crippen molar-refractivity contribution in [1.29, 1.82) is 0 Å². The highest BCUT2D eigenvalue weighted by Gasteiger charge is 2.11. The lowest BCUT2D eigenvalue weighted by Gasteiger charge is -2.10. The van der Waals surface area contributed by atoms with Crippen LogP contribution in [-0.4, -0.2) is 4.57 Å². The molecule has 0 saturated heterocycles. The molecule has 0 aliphatic heterocycles. The molecule has 130 valence electrons. The van der Waals surface area contributed by atoms with Crippen LogP contribution in [0.5, 0.6) is 0 Å². The molecule has 0 aliphatic rings. The molecule has 0 bridgehead atoms. The van der Waals surface area contributed by atoms with E-state index in [1.807, 2.05) is 12.1 Å². The van der Waals surface area contributed by atoms with E-state index < -0.39 is 0 Å². The first-order valence-electron chi connectivity index (χ1n) is 8.91. The minimum Gasteiger partial charge on any atom is -0.356 e. The van der Waals surface area contributed by atoms with E-state index >= 15 is 0 Å². The molecule has 0 saturated carbocycles. The Kier molecular flexibility index (Phi) is 3.65. The third-order valence-corrected chi connectivity index (χ3v) is 4.84. The molecule has 0 amide bonds. The van der Waals surface area contributed by atoms with Crippen LogP contribution in [0.25, 0.3) is 27.5 Å². The van der Waals surface area contributed by atoms with Crippen molar-refractivity contribution >= 4 is 33.2 Å². The normalized spacial score (nSPS) is 11.1. The third-order valence-electron chi connectivity index (χ3n) is 4.84. The van der Waals surface area contributed by atoms with Crippen LogP contribution < -0.4 is 5.32 Å². The Bertz CT molecular complexity index is 1180. The van der Waals surface area contributed by atoms with E-state index in [0.717, 1.165) is 17.1 Å². The molecule has 0 aliphatic carbocycles. The number of nitrogens with zero attached hydrogens (tertiary/aromatic N) is 1. The summed E-state index contributed by atoms with van der Waals surface area (Å²) in [6.45, 7) is 0. The summed E-state index contributed by atoms with van der Waals surface area (Å²) in [4.78, 5) is 0. The van der Waals surface area contributed by atoms with Gasteiger partial charge in [0.25, 0.3) is 0 Å². The van der Waals surface area contributed by atoms with E-state index in [0.29, 0.717) is 0 Å². The monoisotopic (exact) mass is 352 g/mol. The summed E-state index contributed by atoms with van der Waals surface area (Å²) in [5.41, 5.74) is 5.32. The van der Waals surface area contributed by atoms with Crippen molar-refractivity contribution in [3.8, 4) is 5.69 Å². The van der Waals surface area contributed by atoms with Crippen molar-refractivity contribution in [1.82, 2.24) is 4.57 Å². The Balaban J connectivity index is 1.57. The molecular weight excluding hydrogens is 335 g/mol. The smallest absolute Gasteiger partial charge is 0.123 e. The maximum absolute atomic E-state index is 13.1. The Labute approximate surface area is 156 Å². The van der Waals surface area contributed by atoms with Crippen LogP contribution in [0.2, 0.25) is 0 Å². The van der Waals surface area contributed by atoms with E-state index in [1.54, 1.807) is 12.1 Å². The van der Waals surface area contributed by atoms with Gasteiger partial charge in [-0.2, -0.15) is 0 Å². The number of nitrogens with one attached hydrogen (secondary N) is 1. The lowest BCUT2D eigenvalue weighted by molar-refractivity contribution is 0.628. The zero-order chi connectivity index (χ0) is 18.2. The van der Waals surface area contributed by atoms with Crippen molar-refractivity contribution in [3.63, 3.8) is 0 Å². The van der Waals surface area contributed by atoms with Crippen molar-refractivity contribution in [3.05, 3.63) is 103 Å². The second-order valence-corrected chi connectivity index (χ2v) is 6.55. The minimum atomic E-state index is -0.234. The van der Waals surface area contributed by atoms with Gasteiger partial charge in [0.2, 0.25) is 0 Å². The van der Waals surface area contributed by atoms with Gasteiger partial charge in [0.05, 0.1) is 11.0 Å². The molecular formula is C24H17FN2. The highest BCUT2D eigenvalue weighted by atomic mass is 19.1. The molecule has 1 aromatic heterocycles. The molecule has 5 aromatic rings. The fraction of sp³-hybridized carbons (Fsp3) is 0. The molecule has 4 aromatic carbocycles.